The number of alkyl halides is 3. The number of carbonyl (C=O) groups is 1. The number of benzene rings is 1. The normalized spacial score (nSPS) is 16.2. The molecule has 23 heavy (non-hydrogen) atoms. The third-order valence-corrected chi connectivity index (χ3v) is 3.64. The number of rotatable bonds is 5. The quantitative estimate of drug-likeness (QED) is 0.778. The maximum atomic E-state index is 12.6. The van der Waals surface area contributed by atoms with Gasteiger partial charge in [-0.15, -0.1) is 6.58 Å². The summed E-state index contributed by atoms with van der Waals surface area (Å²) in [6.45, 7) is 6.86. The lowest BCUT2D eigenvalue weighted by atomic mass is 10.2. The van der Waals surface area contributed by atoms with Gasteiger partial charge in [0.1, 0.15) is 5.75 Å². The molecule has 0 aliphatic carbocycles. The molecule has 2 rings (SSSR count). The Kier molecular flexibility index (Phi) is 5.65. The van der Waals surface area contributed by atoms with Crippen LogP contribution in [0.2, 0.25) is 0 Å². The molecule has 0 aromatic heterocycles. The first-order valence-electron chi connectivity index (χ1n) is 7.31. The molecule has 1 heterocycles. The van der Waals surface area contributed by atoms with E-state index in [1.165, 1.54) is 12.1 Å². The monoisotopic (exact) mass is 328 g/mol. The summed E-state index contributed by atoms with van der Waals surface area (Å²) in [4.78, 5) is 15.9. The highest BCUT2D eigenvalue weighted by Gasteiger charge is 2.30. The summed E-state index contributed by atoms with van der Waals surface area (Å²) in [6.07, 6.45) is -2.61. The molecule has 1 saturated heterocycles. The molecule has 0 radical (unpaired) electrons. The van der Waals surface area contributed by atoms with Crippen molar-refractivity contribution in [3.63, 3.8) is 0 Å². The molecule has 126 valence electrons. The molecular formula is C16H19F3N2O2. The van der Waals surface area contributed by atoms with Gasteiger partial charge in [-0.3, -0.25) is 9.69 Å². The number of amides is 1. The van der Waals surface area contributed by atoms with E-state index in [2.05, 4.69) is 11.5 Å². The molecule has 1 aromatic rings. The van der Waals surface area contributed by atoms with Gasteiger partial charge in [0.15, 0.2) is 6.61 Å². The molecule has 4 nitrogen and oxygen atoms in total. The van der Waals surface area contributed by atoms with Gasteiger partial charge in [-0.25, -0.2) is 0 Å². The van der Waals surface area contributed by atoms with Crippen LogP contribution in [0.5, 0.6) is 5.75 Å². The van der Waals surface area contributed by atoms with Crippen molar-refractivity contribution in [1.29, 1.82) is 0 Å². The van der Waals surface area contributed by atoms with Gasteiger partial charge in [0.25, 0.3) is 5.91 Å². The van der Waals surface area contributed by atoms with Gasteiger partial charge in [-0.1, -0.05) is 12.1 Å². The van der Waals surface area contributed by atoms with Crippen LogP contribution in [-0.2, 0) is 11.0 Å². The van der Waals surface area contributed by atoms with Gasteiger partial charge in [0.2, 0.25) is 0 Å². The summed E-state index contributed by atoms with van der Waals surface area (Å²) in [5.41, 5.74) is -0.791. The van der Waals surface area contributed by atoms with Crippen molar-refractivity contribution in [2.24, 2.45) is 0 Å². The van der Waals surface area contributed by atoms with Gasteiger partial charge >= 0.3 is 6.18 Å². The average molecular weight is 328 g/mol. The van der Waals surface area contributed by atoms with Crippen LogP contribution in [0.4, 0.5) is 13.2 Å². The highest BCUT2D eigenvalue weighted by Crippen LogP contribution is 2.31. The number of nitrogens with zero attached hydrogens (tertiary/aromatic N) is 2. The number of hydrogen-bond acceptors (Lipinski definition) is 3. The van der Waals surface area contributed by atoms with E-state index in [0.717, 1.165) is 31.8 Å². The predicted molar refractivity (Wildman–Crippen MR) is 80.2 cm³/mol. The second-order valence-electron chi connectivity index (χ2n) is 5.28. The van der Waals surface area contributed by atoms with Crippen molar-refractivity contribution in [3.05, 3.63) is 42.5 Å². The smallest absolute Gasteiger partial charge is 0.416 e. The number of carbonyl (C=O) groups excluding carboxylic acids is 1. The lowest BCUT2D eigenvalue weighted by molar-refractivity contribution is -0.137. The minimum Gasteiger partial charge on any atom is -0.484 e. The average Bonchev–Trinajstić information content (AvgIpc) is 2.53. The first-order chi connectivity index (χ1) is 10.9. The fourth-order valence-corrected chi connectivity index (χ4v) is 2.36. The number of halogens is 3. The largest absolute Gasteiger partial charge is 0.484 e. The van der Waals surface area contributed by atoms with Crippen molar-refractivity contribution in [3.8, 4) is 5.75 Å². The Morgan fingerprint density at radius 2 is 1.96 bits per heavy atom. The first kappa shape index (κ1) is 17.3. The Morgan fingerprint density at radius 1 is 1.26 bits per heavy atom. The maximum Gasteiger partial charge on any atom is 0.416 e. The SMILES string of the molecule is C=CCN1CCN(C(=O)COc2cccc(C(F)(F)F)c2)CC1. The van der Waals surface area contributed by atoms with Crippen LogP contribution in [0.1, 0.15) is 5.56 Å². The highest BCUT2D eigenvalue weighted by atomic mass is 19.4. The zero-order chi connectivity index (χ0) is 16.9. The van der Waals surface area contributed by atoms with Crippen LogP contribution in [0, 0.1) is 0 Å². The van der Waals surface area contributed by atoms with Crippen LogP contribution >= 0.6 is 0 Å². The molecule has 0 saturated carbocycles. The standard InChI is InChI=1S/C16H19F3N2O2/c1-2-6-20-7-9-21(10-8-20)15(22)12-23-14-5-3-4-13(11-14)16(17,18)19/h2-5,11H,1,6-10,12H2. The Bertz CT molecular complexity index is 553. The van der Waals surface area contributed by atoms with Crippen LogP contribution in [0.3, 0.4) is 0 Å². The van der Waals surface area contributed by atoms with E-state index in [1.54, 1.807) is 4.90 Å². The lowest BCUT2D eigenvalue weighted by Crippen LogP contribution is -2.49. The topological polar surface area (TPSA) is 32.8 Å². The van der Waals surface area contributed by atoms with Gasteiger partial charge in [0, 0.05) is 32.7 Å². The number of piperazine rings is 1. The number of ether oxygens (including phenoxy) is 1. The maximum absolute atomic E-state index is 12.6. The van der Waals surface area contributed by atoms with E-state index in [0.29, 0.717) is 13.1 Å². The molecule has 1 aliphatic heterocycles. The summed E-state index contributed by atoms with van der Waals surface area (Å²) in [6, 6.07) is 4.53. The van der Waals surface area contributed by atoms with Crippen LogP contribution in [-0.4, -0.2) is 55.0 Å². The molecule has 1 fully saturated rings. The molecule has 0 spiro atoms. The van der Waals surface area contributed by atoms with Crippen molar-refractivity contribution in [2.75, 3.05) is 39.3 Å². The van der Waals surface area contributed by atoms with Gasteiger partial charge < -0.3 is 9.64 Å². The summed E-state index contributed by atoms with van der Waals surface area (Å²) >= 11 is 0. The van der Waals surface area contributed by atoms with Crippen molar-refractivity contribution in [2.45, 2.75) is 6.18 Å². The minimum atomic E-state index is -4.43. The van der Waals surface area contributed by atoms with Crippen LogP contribution < -0.4 is 4.74 Å². The summed E-state index contributed by atoms with van der Waals surface area (Å²) in [5.74, 6) is -0.181. The van der Waals surface area contributed by atoms with Crippen molar-refractivity contribution in [1.82, 2.24) is 9.80 Å². The summed E-state index contributed by atoms with van der Waals surface area (Å²) in [5, 5.41) is 0. The van der Waals surface area contributed by atoms with E-state index in [-0.39, 0.29) is 18.3 Å². The third-order valence-electron chi connectivity index (χ3n) is 3.64. The molecule has 0 N–H and O–H groups in total. The molecule has 0 unspecified atom stereocenters. The predicted octanol–water partition coefficient (Wildman–Crippen LogP) is 2.41. The lowest BCUT2D eigenvalue weighted by Gasteiger charge is -2.34. The number of hydrogen-bond donors (Lipinski definition) is 0. The van der Waals surface area contributed by atoms with Crippen LogP contribution in [0.15, 0.2) is 36.9 Å². The van der Waals surface area contributed by atoms with E-state index < -0.39 is 11.7 Å². The molecule has 7 heteroatoms. The molecular weight excluding hydrogens is 309 g/mol. The molecule has 0 bridgehead atoms. The first-order valence-corrected chi connectivity index (χ1v) is 7.31. The van der Waals surface area contributed by atoms with E-state index in [1.807, 2.05) is 6.08 Å². The Hall–Kier alpha value is -2.02. The van der Waals surface area contributed by atoms with E-state index in [9.17, 15) is 18.0 Å². The Morgan fingerprint density at radius 3 is 2.57 bits per heavy atom. The highest BCUT2D eigenvalue weighted by molar-refractivity contribution is 5.77. The van der Waals surface area contributed by atoms with Crippen molar-refractivity contribution < 1.29 is 22.7 Å². The van der Waals surface area contributed by atoms with E-state index in [4.69, 9.17) is 4.74 Å². The second-order valence-corrected chi connectivity index (χ2v) is 5.28. The Labute approximate surface area is 133 Å². The van der Waals surface area contributed by atoms with E-state index >= 15 is 0 Å². The fraction of sp³-hybridized carbons (Fsp3) is 0.438. The second kappa shape index (κ2) is 7.50. The molecule has 1 aliphatic rings. The van der Waals surface area contributed by atoms with Gasteiger partial charge in [-0.2, -0.15) is 13.2 Å². The Balaban J connectivity index is 1.84. The third kappa shape index (κ3) is 4.99. The minimum absolute atomic E-state index is 0.0402. The summed E-state index contributed by atoms with van der Waals surface area (Å²) < 4.78 is 43.1. The van der Waals surface area contributed by atoms with Crippen LogP contribution in [0.25, 0.3) is 0 Å². The molecule has 1 amide bonds. The summed E-state index contributed by atoms with van der Waals surface area (Å²) in [7, 11) is 0. The van der Waals surface area contributed by atoms with Crippen molar-refractivity contribution >= 4 is 5.91 Å². The van der Waals surface area contributed by atoms with Gasteiger partial charge in [0.05, 0.1) is 5.56 Å². The molecule has 0 atom stereocenters. The zero-order valence-corrected chi connectivity index (χ0v) is 12.7. The zero-order valence-electron chi connectivity index (χ0n) is 12.7. The fourth-order valence-electron chi connectivity index (χ4n) is 2.36. The van der Waals surface area contributed by atoms with Gasteiger partial charge in [-0.05, 0) is 18.2 Å². The molecule has 1 aromatic carbocycles.